The van der Waals surface area contributed by atoms with Gasteiger partial charge in [0.1, 0.15) is 15.5 Å². The molecule has 0 fully saturated rings. The molecule has 0 amide bonds. The molecule has 1 N–H and O–H groups in total. The molecule has 0 saturated carbocycles. The van der Waals surface area contributed by atoms with Gasteiger partial charge in [-0.15, -0.1) is 11.3 Å². The summed E-state index contributed by atoms with van der Waals surface area (Å²) in [5, 5.41) is 9.99. The lowest BCUT2D eigenvalue weighted by molar-refractivity contribution is 0.0510. The van der Waals surface area contributed by atoms with Crippen molar-refractivity contribution in [3.8, 4) is 0 Å². The van der Waals surface area contributed by atoms with Crippen molar-refractivity contribution in [3.63, 3.8) is 0 Å². The molecule has 8 heteroatoms. The summed E-state index contributed by atoms with van der Waals surface area (Å²) >= 11 is 7.22. The van der Waals surface area contributed by atoms with Crippen LogP contribution in [0.2, 0.25) is 5.28 Å². The average Bonchev–Trinajstić information content (AvgIpc) is 2.81. The van der Waals surface area contributed by atoms with E-state index in [1.807, 2.05) is 13.8 Å². The molecule has 0 saturated heterocycles. The van der Waals surface area contributed by atoms with Crippen LogP contribution in [0.5, 0.6) is 0 Å². The maximum atomic E-state index is 12.1. The Morgan fingerprint density at radius 1 is 1.45 bits per heavy atom. The minimum atomic E-state index is -0.353. The van der Waals surface area contributed by atoms with Crippen molar-refractivity contribution in [2.24, 2.45) is 0 Å². The number of carbonyl (C=O) groups is 1. The molecule has 0 aliphatic carbocycles. The number of aliphatic hydroxyl groups is 1. The van der Waals surface area contributed by atoms with Gasteiger partial charge in [-0.25, -0.2) is 9.78 Å². The summed E-state index contributed by atoms with van der Waals surface area (Å²) in [6.07, 6.45) is 0.770. The molecule has 120 valence electrons. The largest absolute Gasteiger partial charge is 0.462 e. The van der Waals surface area contributed by atoms with Crippen LogP contribution in [0, 0.1) is 6.92 Å². The molecule has 22 heavy (non-hydrogen) atoms. The lowest BCUT2D eigenvalue weighted by Crippen LogP contribution is -2.22. The fourth-order valence-electron chi connectivity index (χ4n) is 2.08. The Morgan fingerprint density at radius 3 is 2.82 bits per heavy atom. The maximum Gasteiger partial charge on any atom is 0.348 e. The number of thiophene rings is 1. The van der Waals surface area contributed by atoms with E-state index in [0.29, 0.717) is 28.7 Å². The minimum Gasteiger partial charge on any atom is -0.462 e. The SMILES string of the molecule is CCCOC(=O)c1sc2nc(Cl)nc(N(C)CCO)c2c1C. The van der Waals surface area contributed by atoms with Crippen LogP contribution >= 0.6 is 22.9 Å². The third-order valence-corrected chi connectivity index (χ3v) is 4.50. The number of aliphatic hydroxyl groups excluding tert-OH is 1. The van der Waals surface area contributed by atoms with Crippen LogP contribution < -0.4 is 4.90 Å². The lowest BCUT2D eigenvalue weighted by Gasteiger charge is -2.18. The molecule has 0 aromatic carbocycles. The highest BCUT2D eigenvalue weighted by Crippen LogP contribution is 2.36. The number of aromatic nitrogens is 2. The molecule has 0 radical (unpaired) electrons. The first-order valence-corrected chi connectivity index (χ1v) is 8.14. The predicted octanol–water partition coefficient (Wildman–Crippen LogP) is 2.65. The van der Waals surface area contributed by atoms with Gasteiger partial charge in [0.2, 0.25) is 5.28 Å². The van der Waals surface area contributed by atoms with E-state index >= 15 is 0 Å². The molecule has 2 aromatic rings. The summed E-state index contributed by atoms with van der Waals surface area (Å²) in [5.41, 5.74) is 0.776. The number of carbonyl (C=O) groups excluding carboxylic acids is 1. The van der Waals surface area contributed by atoms with Crippen LogP contribution in [0.15, 0.2) is 0 Å². The van der Waals surface area contributed by atoms with Crippen LogP contribution in [-0.4, -0.2) is 47.8 Å². The van der Waals surface area contributed by atoms with Gasteiger partial charge in [-0.3, -0.25) is 0 Å². The predicted molar refractivity (Wildman–Crippen MR) is 88.1 cm³/mol. The van der Waals surface area contributed by atoms with Crippen molar-refractivity contribution in [2.75, 3.05) is 31.7 Å². The third kappa shape index (κ3) is 3.31. The summed E-state index contributed by atoms with van der Waals surface area (Å²) in [4.78, 5) is 23.5. The van der Waals surface area contributed by atoms with E-state index in [4.69, 9.17) is 21.4 Å². The Kier molecular flexibility index (Phi) is 5.55. The molecule has 0 aliphatic heterocycles. The minimum absolute atomic E-state index is 0.00576. The number of halogens is 1. The van der Waals surface area contributed by atoms with E-state index in [-0.39, 0.29) is 17.9 Å². The summed E-state index contributed by atoms with van der Waals surface area (Å²) in [7, 11) is 1.81. The van der Waals surface area contributed by atoms with Gasteiger partial charge in [0.15, 0.2) is 0 Å². The van der Waals surface area contributed by atoms with E-state index in [1.54, 1.807) is 11.9 Å². The van der Waals surface area contributed by atoms with Gasteiger partial charge >= 0.3 is 5.97 Å². The maximum absolute atomic E-state index is 12.1. The monoisotopic (exact) mass is 343 g/mol. The van der Waals surface area contributed by atoms with E-state index in [2.05, 4.69) is 9.97 Å². The zero-order valence-electron chi connectivity index (χ0n) is 12.7. The van der Waals surface area contributed by atoms with Gasteiger partial charge in [0.05, 0.1) is 18.6 Å². The van der Waals surface area contributed by atoms with Crippen LogP contribution in [0.25, 0.3) is 10.2 Å². The van der Waals surface area contributed by atoms with Gasteiger partial charge in [-0.2, -0.15) is 4.98 Å². The summed E-state index contributed by atoms with van der Waals surface area (Å²) < 4.78 is 5.20. The van der Waals surface area contributed by atoms with Crippen molar-refractivity contribution in [3.05, 3.63) is 15.7 Å². The number of rotatable bonds is 6. The average molecular weight is 344 g/mol. The molecule has 2 aromatic heterocycles. The zero-order chi connectivity index (χ0) is 16.3. The van der Waals surface area contributed by atoms with Gasteiger partial charge in [-0.1, -0.05) is 6.92 Å². The normalized spacial score (nSPS) is 11.0. The second-order valence-electron chi connectivity index (χ2n) is 4.83. The molecular weight excluding hydrogens is 326 g/mol. The van der Waals surface area contributed by atoms with Crippen LogP contribution in [0.1, 0.15) is 28.6 Å². The standard InChI is InChI=1S/C14H18ClN3O3S/c1-4-7-21-13(20)10-8(2)9-11(18(3)5-6-19)16-14(15)17-12(9)22-10/h19H,4-7H2,1-3H3. The second-order valence-corrected chi connectivity index (χ2v) is 6.17. The van der Waals surface area contributed by atoms with Gasteiger partial charge in [-0.05, 0) is 30.5 Å². The number of aryl methyl sites for hydroxylation is 1. The van der Waals surface area contributed by atoms with E-state index < -0.39 is 0 Å². The number of hydrogen-bond donors (Lipinski definition) is 1. The molecule has 2 heterocycles. The van der Waals surface area contributed by atoms with Crippen molar-refractivity contribution < 1.29 is 14.6 Å². The molecule has 0 unspecified atom stereocenters. The topological polar surface area (TPSA) is 75.5 Å². The summed E-state index contributed by atoms with van der Waals surface area (Å²) in [6.45, 7) is 4.57. The molecule has 0 bridgehead atoms. The fourth-order valence-corrected chi connectivity index (χ4v) is 3.36. The number of fused-ring (bicyclic) bond motifs is 1. The number of anilines is 1. The highest BCUT2D eigenvalue weighted by molar-refractivity contribution is 7.20. The Hall–Kier alpha value is -1.44. The molecule has 2 rings (SSSR count). The number of likely N-dealkylation sites (N-methyl/N-ethyl adjacent to an activating group) is 1. The zero-order valence-corrected chi connectivity index (χ0v) is 14.3. The van der Waals surface area contributed by atoms with Gasteiger partial charge < -0.3 is 14.7 Å². The second kappa shape index (κ2) is 7.21. The van der Waals surface area contributed by atoms with Crippen molar-refractivity contribution >= 4 is 44.9 Å². The van der Waals surface area contributed by atoms with Crippen LogP contribution in [-0.2, 0) is 4.74 Å². The van der Waals surface area contributed by atoms with E-state index in [1.165, 1.54) is 11.3 Å². The number of ether oxygens (including phenoxy) is 1. The van der Waals surface area contributed by atoms with Crippen molar-refractivity contribution in [1.82, 2.24) is 9.97 Å². The molecule has 0 spiro atoms. The number of esters is 1. The first-order chi connectivity index (χ1) is 10.5. The fraction of sp³-hybridized carbons (Fsp3) is 0.500. The van der Waals surface area contributed by atoms with Crippen molar-refractivity contribution in [2.45, 2.75) is 20.3 Å². The number of hydrogen-bond acceptors (Lipinski definition) is 7. The molecular formula is C14H18ClN3O3S. The Balaban J connectivity index is 2.53. The third-order valence-electron chi connectivity index (χ3n) is 3.16. The lowest BCUT2D eigenvalue weighted by atomic mass is 10.2. The molecule has 0 atom stereocenters. The molecule has 6 nitrogen and oxygen atoms in total. The highest BCUT2D eigenvalue weighted by atomic mass is 35.5. The molecule has 0 aliphatic rings. The van der Waals surface area contributed by atoms with E-state index in [9.17, 15) is 4.79 Å². The first kappa shape index (κ1) is 16.9. The van der Waals surface area contributed by atoms with Crippen LogP contribution in [0.4, 0.5) is 5.82 Å². The number of nitrogens with zero attached hydrogens (tertiary/aromatic N) is 3. The Labute approximate surface area is 137 Å². The first-order valence-electron chi connectivity index (χ1n) is 6.95. The van der Waals surface area contributed by atoms with Gasteiger partial charge in [0.25, 0.3) is 0 Å². The van der Waals surface area contributed by atoms with Crippen molar-refractivity contribution in [1.29, 1.82) is 0 Å². The van der Waals surface area contributed by atoms with Crippen LogP contribution in [0.3, 0.4) is 0 Å². The smallest absolute Gasteiger partial charge is 0.348 e. The van der Waals surface area contributed by atoms with E-state index in [0.717, 1.165) is 17.4 Å². The summed E-state index contributed by atoms with van der Waals surface area (Å²) in [6, 6.07) is 0. The highest BCUT2D eigenvalue weighted by Gasteiger charge is 2.22. The van der Waals surface area contributed by atoms with Gasteiger partial charge in [0, 0.05) is 13.6 Å². The Morgan fingerprint density at radius 2 is 2.18 bits per heavy atom. The summed E-state index contributed by atoms with van der Waals surface area (Å²) in [5.74, 6) is 0.251. The Bertz CT molecular complexity index is 690. The quantitative estimate of drug-likeness (QED) is 0.642.